The maximum absolute atomic E-state index is 6.13. The zero-order valence-electron chi connectivity index (χ0n) is 11.8. The van der Waals surface area contributed by atoms with Crippen LogP contribution in [0.25, 0.3) is 0 Å². The molecule has 1 aromatic heterocycles. The average molecular weight is 263 g/mol. The van der Waals surface area contributed by atoms with Crippen LogP contribution in [0.3, 0.4) is 0 Å². The summed E-state index contributed by atoms with van der Waals surface area (Å²) in [5.41, 5.74) is 6.78. The third kappa shape index (κ3) is 3.98. The largest absolute Gasteiger partial charge is 0.393 e. The van der Waals surface area contributed by atoms with Crippen LogP contribution < -0.4 is 16.4 Å². The highest BCUT2D eigenvalue weighted by molar-refractivity contribution is 5.74. The summed E-state index contributed by atoms with van der Waals surface area (Å²) in [7, 11) is 0. The van der Waals surface area contributed by atoms with Crippen molar-refractivity contribution >= 4 is 17.3 Å². The predicted molar refractivity (Wildman–Crippen MR) is 80.3 cm³/mol. The molecule has 0 amide bonds. The van der Waals surface area contributed by atoms with Gasteiger partial charge in [-0.15, -0.1) is 0 Å². The Labute approximate surface area is 115 Å². The van der Waals surface area contributed by atoms with E-state index < -0.39 is 0 Å². The number of rotatable bonds is 6. The summed E-state index contributed by atoms with van der Waals surface area (Å²) in [6.45, 7) is 3.07. The van der Waals surface area contributed by atoms with Crippen LogP contribution in [0.5, 0.6) is 0 Å². The second-order valence-corrected chi connectivity index (χ2v) is 5.24. The van der Waals surface area contributed by atoms with Gasteiger partial charge in [-0.05, 0) is 19.3 Å². The van der Waals surface area contributed by atoms with E-state index in [1.807, 2.05) is 0 Å². The molecule has 0 saturated heterocycles. The van der Waals surface area contributed by atoms with Gasteiger partial charge in [0.15, 0.2) is 11.6 Å². The van der Waals surface area contributed by atoms with Gasteiger partial charge in [0, 0.05) is 12.6 Å². The molecule has 5 heteroatoms. The van der Waals surface area contributed by atoms with Crippen molar-refractivity contribution in [1.82, 2.24) is 9.97 Å². The zero-order chi connectivity index (χ0) is 13.5. The summed E-state index contributed by atoms with van der Waals surface area (Å²) >= 11 is 0. The Morgan fingerprint density at radius 2 is 1.95 bits per heavy atom. The maximum atomic E-state index is 6.13. The molecule has 0 bridgehead atoms. The molecule has 5 nitrogen and oxygen atoms in total. The molecule has 0 spiro atoms. The fraction of sp³-hybridized carbons (Fsp3) is 0.714. The third-order valence-corrected chi connectivity index (χ3v) is 3.65. The van der Waals surface area contributed by atoms with Crippen LogP contribution in [0, 0.1) is 0 Å². The van der Waals surface area contributed by atoms with Gasteiger partial charge in [-0.25, -0.2) is 9.97 Å². The molecular weight excluding hydrogens is 238 g/mol. The molecule has 0 unspecified atom stereocenters. The Morgan fingerprint density at radius 1 is 1.21 bits per heavy atom. The minimum absolute atomic E-state index is 0.509. The highest BCUT2D eigenvalue weighted by atomic mass is 15.1. The number of nitrogen functional groups attached to an aromatic ring is 1. The van der Waals surface area contributed by atoms with Crippen LogP contribution in [0.4, 0.5) is 17.3 Å². The van der Waals surface area contributed by atoms with Gasteiger partial charge < -0.3 is 16.4 Å². The molecule has 2 rings (SSSR count). The van der Waals surface area contributed by atoms with E-state index in [1.165, 1.54) is 32.1 Å². The fourth-order valence-corrected chi connectivity index (χ4v) is 2.48. The van der Waals surface area contributed by atoms with Crippen LogP contribution >= 0.6 is 0 Å². The van der Waals surface area contributed by atoms with Crippen LogP contribution in [-0.4, -0.2) is 22.6 Å². The summed E-state index contributed by atoms with van der Waals surface area (Å²) in [6.07, 6.45) is 10.2. The van der Waals surface area contributed by atoms with Gasteiger partial charge >= 0.3 is 0 Å². The molecule has 0 aromatic carbocycles. The van der Waals surface area contributed by atoms with E-state index >= 15 is 0 Å². The number of anilines is 3. The van der Waals surface area contributed by atoms with E-state index in [0.717, 1.165) is 31.0 Å². The molecule has 19 heavy (non-hydrogen) atoms. The third-order valence-electron chi connectivity index (χ3n) is 3.65. The van der Waals surface area contributed by atoms with Crippen molar-refractivity contribution in [1.29, 1.82) is 0 Å². The van der Waals surface area contributed by atoms with E-state index in [4.69, 9.17) is 5.73 Å². The van der Waals surface area contributed by atoms with E-state index in [2.05, 4.69) is 27.5 Å². The van der Waals surface area contributed by atoms with Gasteiger partial charge in [-0.2, -0.15) is 0 Å². The smallest absolute Gasteiger partial charge is 0.155 e. The first-order chi connectivity index (χ1) is 9.31. The first kappa shape index (κ1) is 13.9. The first-order valence-corrected chi connectivity index (χ1v) is 7.42. The summed E-state index contributed by atoms with van der Waals surface area (Å²) in [5, 5.41) is 6.74. The number of hydrogen-bond donors (Lipinski definition) is 3. The number of hydrogen-bond acceptors (Lipinski definition) is 5. The molecule has 0 aliphatic heterocycles. The molecular formula is C14H25N5. The Balaban J connectivity index is 1.97. The number of nitrogens with zero attached hydrogens (tertiary/aromatic N) is 2. The molecule has 4 N–H and O–H groups in total. The average Bonchev–Trinajstić information content (AvgIpc) is 2.44. The molecule has 0 atom stereocenters. The van der Waals surface area contributed by atoms with Crippen LogP contribution in [0.1, 0.15) is 51.9 Å². The Bertz CT molecular complexity index is 387. The second kappa shape index (κ2) is 7.16. The Morgan fingerprint density at radius 3 is 2.68 bits per heavy atom. The lowest BCUT2D eigenvalue weighted by molar-refractivity contribution is 0.462. The minimum Gasteiger partial charge on any atom is -0.393 e. The number of nitrogens with two attached hydrogens (primary N) is 1. The van der Waals surface area contributed by atoms with Gasteiger partial charge in [0.05, 0.1) is 0 Å². The van der Waals surface area contributed by atoms with E-state index in [0.29, 0.717) is 11.7 Å². The lowest BCUT2D eigenvalue weighted by Crippen LogP contribution is -2.24. The molecule has 1 aromatic rings. The van der Waals surface area contributed by atoms with Crippen molar-refractivity contribution in [2.24, 2.45) is 0 Å². The van der Waals surface area contributed by atoms with E-state index in [1.54, 1.807) is 6.33 Å². The van der Waals surface area contributed by atoms with Gasteiger partial charge in [-0.3, -0.25) is 0 Å². The van der Waals surface area contributed by atoms with Crippen molar-refractivity contribution in [2.45, 2.75) is 57.9 Å². The quantitative estimate of drug-likeness (QED) is 0.688. The van der Waals surface area contributed by atoms with Crippen molar-refractivity contribution in [3.63, 3.8) is 0 Å². The van der Waals surface area contributed by atoms with Gasteiger partial charge in [0.25, 0.3) is 0 Å². The minimum atomic E-state index is 0.509. The normalized spacial score (nSPS) is 16.3. The summed E-state index contributed by atoms with van der Waals surface area (Å²) in [4.78, 5) is 8.49. The SMILES string of the molecule is CCCCNc1ncnc(NC2CCCCC2)c1N. The van der Waals surface area contributed by atoms with E-state index in [-0.39, 0.29) is 0 Å². The monoisotopic (exact) mass is 263 g/mol. The standard InChI is InChI=1S/C14H25N5/c1-2-3-9-16-13-12(15)14(18-10-17-13)19-11-7-5-4-6-8-11/h10-11H,2-9,15H2,1H3,(H2,16,17,18,19). The van der Waals surface area contributed by atoms with Crippen molar-refractivity contribution in [2.75, 3.05) is 22.9 Å². The van der Waals surface area contributed by atoms with Gasteiger partial charge in [0.2, 0.25) is 0 Å². The number of aromatic nitrogens is 2. The Kier molecular flexibility index (Phi) is 5.24. The molecule has 1 fully saturated rings. The molecule has 1 heterocycles. The molecule has 106 valence electrons. The zero-order valence-corrected chi connectivity index (χ0v) is 11.8. The first-order valence-electron chi connectivity index (χ1n) is 7.42. The summed E-state index contributed by atoms with van der Waals surface area (Å²) in [6, 6.07) is 0.509. The molecule has 1 aliphatic rings. The predicted octanol–water partition coefficient (Wildman–Crippen LogP) is 3.02. The van der Waals surface area contributed by atoms with Gasteiger partial charge in [0.1, 0.15) is 12.0 Å². The van der Waals surface area contributed by atoms with Crippen molar-refractivity contribution < 1.29 is 0 Å². The lowest BCUT2D eigenvalue weighted by Gasteiger charge is -2.24. The number of nitrogens with one attached hydrogen (secondary N) is 2. The highest BCUT2D eigenvalue weighted by Crippen LogP contribution is 2.26. The fourth-order valence-electron chi connectivity index (χ4n) is 2.48. The molecule has 0 radical (unpaired) electrons. The maximum Gasteiger partial charge on any atom is 0.155 e. The van der Waals surface area contributed by atoms with Crippen molar-refractivity contribution in [3.05, 3.63) is 6.33 Å². The summed E-state index contributed by atoms with van der Waals surface area (Å²) < 4.78 is 0. The van der Waals surface area contributed by atoms with Crippen LogP contribution in [-0.2, 0) is 0 Å². The molecule has 1 aliphatic carbocycles. The van der Waals surface area contributed by atoms with Crippen LogP contribution in [0.15, 0.2) is 6.33 Å². The summed E-state index contributed by atoms with van der Waals surface area (Å²) in [5.74, 6) is 1.53. The molecule has 1 saturated carbocycles. The van der Waals surface area contributed by atoms with Crippen LogP contribution in [0.2, 0.25) is 0 Å². The Hall–Kier alpha value is -1.52. The second-order valence-electron chi connectivity index (χ2n) is 5.24. The highest BCUT2D eigenvalue weighted by Gasteiger charge is 2.16. The van der Waals surface area contributed by atoms with E-state index in [9.17, 15) is 0 Å². The van der Waals surface area contributed by atoms with Crippen molar-refractivity contribution in [3.8, 4) is 0 Å². The topological polar surface area (TPSA) is 75.9 Å². The lowest BCUT2D eigenvalue weighted by atomic mass is 9.95. The van der Waals surface area contributed by atoms with Gasteiger partial charge in [-0.1, -0.05) is 32.6 Å². The number of unbranched alkanes of at least 4 members (excludes halogenated alkanes) is 1.